The minimum atomic E-state index is -0.203. The number of hydrogen-bond acceptors (Lipinski definition) is 2. The molecule has 0 heterocycles. The van der Waals surface area contributed by atoms with E-state index in [1.165, 1.54) is 11.1 Å². The van der Waals surface area contributed by atoms with E-state index in [9.17, 15) is 10.2 Å². The first-order valence-corrected chi connectivity index (χ1v) is 8.80. The minimum absolute atomic E-state index is 0.0367. The van der Waals surface area contributed by atoms with Gasteiger partial charge in [-0.3, -0.25) is 0 Å². The lowest BCUT2D eigenvalue weighted by atomic mass is 9.75. The molecule has 3 rings (SSSR count). The van der Waals surface area contributed by atoms with Crippen LogP contribution in [0, 0.1) is 5.92 Å². The SMILES string of the molecule is CC(C)Cc1cc2c(cc1O)C(C)(c1cccc(O)c1)CC2(C)C. The average molecular weight is 324 g/mol. The van der Waals surface area contributed by atoms with Crippen LogP contribution in [0.2, 0.25) is 0 Å². The van der Waals surface area contributed by atoms with Gasteiger partial charge in [0.1, 0.15) is 11.5 Å². The molecule has 2 heteroatoms. The molecule has 0 saturated heterocycles. The predicted octanol–water partition coefficient (Wildman–Crippen LogP) is 5.28. The first-order valence-electron chi connectivity index (χ1n) is 8.80. The van der Waals surface area contributed by atoms with Crippen LogP contribution in [0.1, 0.15) is 63.3 Å². The highest BCUT2D eigenvalue weighted by Crippen LogP contribution is 2.54. The summed E-state index contributed by atoms with van der Waals surface area (Å²) in [5.74, 6) is 1.20. The number of rotatable bonds is 3. The lowest BCUT2D eigenvalue weighted by Gasteiger charge is -2.28. The third-order valence-corrected chi connectivity index (χ3v) is 5.45. The molecular weight excluding hydrogens is 296 g/mol. The van der Waals surface area contributed by atoms with Crippen LogP contribution < -0.4 is 0 Å². The summed E-state index contributed by atoms with van der Waals surface area (Å²) in [4.78, 5) is 0. The highest BCUT2D eigenvalue weighted by atomic mass is 16.3. The van der Waals surface area contributed by atoms with Gasteiger partial charge in [0.15, 0.2) is 0 Å². The largest absolute Gasteiger partial charge is 0.508 e. The summed E-state index contributed by atoms with van der Waals surface area (Å²) < 4.78 is 0. The topological polar surface area (TPSA) is 40.5 Å². The summed E-state index contributed by atoms with van der Waals surface area (Å²) in [6.45, 7) is 11.1. The van der Waals surface area contributed by atoms with E-state index in [1.54, 1.807) is 6.07 Å². The van der Waals surface area contributed by atoms with Gasteiger partial charge in [-0.15, -0.1) is 0 Å². The highest BCUT2D eigenvalue weighted by molar-refractivity contribution is 5.56. The number of fused-ring (bicyclic) bond motifs is 1. The second-order valence-corrected chi connectivity index (χ2v) is 8.57. The number of benzene rings is 2. The normalized spacial score (nSPS) is 21.9. The Morgan fingerprint density at radius 1 is 1.00 bits per heavy atom. The van der Waals surface area contributed by atoms with E-state index in [0.717, 1.165) is 24.0 Å². The van der Waals surface area contributed by atoms with Crippen LogP contribution in [-0.2, 0) is 17.3 Å². The fourth-order valence-corrected chi connectivity index (χ4v) is 4.43. The zero-order valence-corrected chi connectivity index (χ0v) is 15.4. The van der Waals surface area contributed by atoms with Gasteiger partial charge in [0, 0.05) is 5.41 Å². The molecule has 1 aliphatic rings. The van der Waals surface area contributed by atoms with Crippen molar-refractivity contribution in [2.24, 2.45) is 5.92 Å². The van der Waals surface area contributed by atoms with Gasteiger partial charge in [-0.25, -0.2) is 0 Å². The summed E-state index contributed by atoms with van der Waals surface area (Å²) in [7, 11) is 0. The number of phenolic OH excluding ortho intramolecular Hbond substituents is 2. The van der Waals surface area contributed by atoms with Gasteiger partial charge < -0.3 is 10.2 Å². The van der Waals surface area contributed by atoms with Crippen LogP contribution in [0.5, 0.6) is 11.5 Å². The summed E-state index contributed by atoms with van der Waals surface area (Å²) in [6.07, 6.45) is 1.85. The lowest BCUT2D eigenvalue weighted by molar-refractivity contribution is 0.420. The van der Waals surface area contributed by atoms with E-state index in [1.807, 2.05) is 18.2 Å². The van der Waals surface area contributed by atoms with E-state index in [-0.39, 0.29) is 10.8 Å². The van der Waals surface area contributed by atoms with Crippen LogP contribution in [0.25, 0.3) is 0 Å². The van der Waals surface area contributed by atoms with Crippen LogP contribution >= 0.6 is 0 Å². The van der Waals surface area contributed by atoms with Crippen molar-refractivity contribution in [1.29, 1.82) is 0 Å². The maximum Gasteiger partial charge on any atom is 0.119 e. The van der Waals surface area contributed by atoms with Crippen molar-refractivity contribution in [3.05, 3.63) is 58.7 Å². The predicted molar refractivity (Wildman–Crippen MR) is 98.9 cm³/mol. The van der Waals surface area contributed by atoms with Crippen molar-refractivity contribution in [1.82, 2.24) is 0 Å². The van der Waals surface area contributed by atoms with Gasteiger partial charge in [-0.05, 0) is 64.6 Å². The molecule has 0 spiro atoms. The second-order valence-electron chi connectivity index (χ2n) is 8.57. The third kappa shape index (κ3) is 2.68. The van der Waals surface area contributed by atoms with Crippen molar-refractivity contribution in [3.8, 4) is 11.5 Å². The Hall–Kier alpha value is -1.96. The number of hydrogen-bond donors (Lipinski definition) is 2. The first kappa shape index (κ1) is 16.9. The van der Waals surface area contributed by atoms with Crippen molar-refractivity contribution in [2.75, 3.05) is 0 Å². The fourth-order valence-electron chi connectivity index (χ4n) is 4.43. The molecule has 1 unspecified atom stereocenters. The van der Waals surface area contributed by atoms with E-state index in [4.69, 9.17) is 0 Å². The Labute approximate surface area is 145 Å². The molecule has 0 saturated carbocycles. The summed E-state index contributed by atoms with van der Waals surface area (Å²) >= 11 is 0. The lowest BCUT2D eigenvalue weighted by Crippen LogP contribution is -2.23. The maximum absolute atomic E-state index is 10.6. The van der Waals surface area contributed by atoms with E-state index >= 15 is 0 Å². The molecular formula is C22H28O2. The van der Waals surface area contributed by atoms with Gasteiger partial charge in [0.25, 0.3) is 0 Å². The molecule has 1 aliphatic carbocycles. The molecule has 1 atom stereocenters. The fraction of sp³-hybridized carbons (Fsp3) is 0.455. The van der Waals surface area contributed by atoms with Crippen molar-refractivity contribution < 1.29 is 10.2 Å². The molecule has 24 heavy (non-hydrogen) atoms. The average Bonchev–Trinajstić information content (AvgIpc) is 2.67. The second kappa shape index (κ2) is 5.54. The highest BCUT2D eigenvalue weighted by Gasteiger charge is 2.46. The van der Waals surface area contributed by atoms with Gasteiger partial charge >= 0.3 is 0 Å². The van der Waals surface area contributed by atoms with Crippen LogP contribution in [-0.4, -0.2) is 10.2 Å². The molecule has 2 nitrogen and oxygen atoms in total. The van der Waals surface area contributed by atoms with Crippen LogP contribution in [0.4, 0.5) is 0 Å². The van der Waals surface area contributed by atoms with Gasteiger partial charge in [-0.2, -0.15) is 0 Å². The molecule has 128 valence electrons. The van der Waals surface area contributed by atoms with E-state index in [2.05, 4.69) is 46.8 Å². The molecule has 0 aliphatic heterocycles. The molecule has 0 fully saturated rings. The molecule has 0 bridgehead atoms. The molecule has 2 N–H and O–H groups in total. The standard InChI is InChI=1S/C22H28O2/c1-14(2)9-15-10-18-19(12-20(15)24)22(5,13-21(18,3)4)16-7-6-8-17(23)11-16/h6-8,10-12,14,23-24H,9,13H2,1-5H3. The molecule has 2 aromatic carbocycles. The molecule has 0 aromatic heterocycles. The quantitative estimate of drug-likeness (QED) is 0.806. The van der Waals surface area contributed by atoms with Gasteiger partial charge in [-0.1, -0.05) is 52.8 Å². The Morgan fingerprint density at radius 2 is 1.71 bits per heavy atom. The Kier molecular flexibility index (Phi) is 3.90. The van der Waals surface area contributed by atoms with Crippen LogP contribution in [0.3, 0.4) is 0 Å². The smallest absolute Gasteiger partial charge is 0.119 e. The summed E-state index contributed by atoms with van der Waals surface area (Å²) in [5, 5.41) is 20.5. The van der Waals surface area contributed by atoms with Crippen molar-refractivity contribution >= 4 is 0 Å². The summed E-state index contributed by atoms with van der Waals surface area (Å²) in [5.41, 5.74) is 4.48. The van der Waals surface area contributed by atoms with E-state index in [0.29, 0.717) is 17.4 Å². The van der Waals surface area contributed by atoms with Gasteiger partial charge in [0.05, 0.1) is 0 Å². The molecule has 2 aromatic rings. The molecule has 0 amide bonds. The van der Waals surface area contributed by atoms with E-state index < -0.39 is 0 Å². The maximum atomic E-state index is 10.6. The van der Waals surface area contributed by atoms with Crippen molar-refractivity contribution in [3.63, 3.8) is 0 Å². The summed E-state index contributed by atoms with van der Waals surface area (Å²) in [6, 6.07) is 11.7. The third-order valence-electron chi connectivity index (χ3n) is 5.45. The number of phenols is 2. The van der Waals surface area contributed by atoms with Gasteiger partial charge in [0.2, 0.25) is 0 Å². The number of aromatic hydroxyl groups is 2. The van der Waals surface area contributed by atoms with Crippen LogP contribution in [0.15, 0.2) is 36.4 Å². The Balaban J connectivity index is 2.18. The Bertz CT molecular complexity index is 774. The monoisotopic (exact) mass is 324 g/mol. The minimum Gasteiger partial charge on any atom is -0.508 e. The first-order chi connectivity index (χ1) is 11.1. The zero-order chi connectivity index (χ0) is 17.7. The van der Waals surface area contributed by atoms with Crippen molar-refractivity contribution in [2.45, 2.75) is 58.3 Å². The Morgan fingerprint density at radius 3 is 2.33 bits per heavy atom. The zero-order valence-electron chi connectivity index (χ0n) is 15.4. The molecule has 0 radical (unpaired) electrons.